The van der Waals surface area contributed by atoms with Crippen molar-refractivity contribution in [1.29, 1.82) is 0 Å². The number of carbonyl (C=O) groups excluding carboxylic acids is 2. The summed E-state index contributed by atoms with van der Waals surface area (Å²) < 4.78 is 5.01. The first-order valence-corrected chi connectivity index (χ1v) is 9.46. The molecule has 0 saturated heterocycles. The van der Waals surface area contributed by atoms with Crippen molar-refractivity contribution >= 4 is 11.9 Å². The minimum atomic E-state index is -0.650. The van der Waals surface area contributed by atoms with Crippen molar-refractivity contribution in [3.8, 4) is 5.75 Å². The lowest BCUT2D eigenvalue weighted by Gasteiger charge is -2.18. The highest BCUT2D eigenvalue weighted by Crippen LogP contribution is 2.27. The Morgan fingerprint density at radius 1 is 0.862 bits per heavy atom. The Morgan fingerprint density at radius 3 is 2.07 bits per heavy atom. The second-order valence-electron chi connectivity index (χ2n) is 6.64. The summed E-state index contributed by atoms with van der Waals surface area (Å²) in [6, 6.07) is 26.1. The minimum absolute atomic E-state index is 0.0308. The van der Waals surface area contributed by atoms with Gasteiger partial charge in [-0.2, -0.15) is 0 Å². The number of esters is 1. The van der Waals surface area contributed by atoms with Crippen molar-refractivity contribution in [3.63, 3.8) is 0 Å². The standard InChI is InChI=1S/C24H23NO4/c26-21-13-7-12-20(16-21)24(28)29-17-23(27)25-15-14-22(18-8-3-1-4-9-18)19-10-5-2-6-11-19/h1-13,16,22,26H,14-15,17H2,(H,25,27). The van der Waals surface area contributed by atoms with E-state index in [9.17, 15) is 14.7 Å². The SMILES string of the molecule is O=C(COC(=O)c1cccc(O)c1)NCCC(c1ccccc1)c1ccccc1. The molecule has 0 aliphatic carbocycles. The molecule has 0 atom stereocenters. The van der Waals surface area contributed by atoms with Gasteiger partial charge in [0.1, 0.15) is 5.75 Å². The lowest BCUT2D eigenvalue weighted by atomic mass is 9.88. The zero-order valence-electron chi connectivity index (χ0n) is 16.0. The maximum atomic E-state index is 12.1. The van der Waals surface area contributed by atoms with Crippen LogP contribution in [0.3, 0.4) is 0 Å². The van der Waals surface area contributed by atoms with Gasteiger partial charge in [0.15, 0.2) is 6.61 Å². The van der Waals surface area contributed by atoms with Crippen LogP contribution in [0.15, 0.2) is 84.9 Å². The number of phenolic OH excluding ortho intramolecular Hbond substituents is 1. The summed E-state index contributed by atoms with van der Waals surface area (Å²) in [6.45, 7) is 0.0901. The summed E-state index contributed by atoms with van der Waals surface area (Å²) in [5.74, 6) is -0.884. The van der Waals surface area contributed by atoms with Gasteiger partial charge < -0.3 is 15.2 Å². The van der Waals surface area contributed by atoms with Crippen LogP contribution < -0.4 is 5.32 Å². The van der Waals surface area contributed by atoms with E-state index in [4.69, 9.17) is 4.74 Å². The second-order valence-corrected chi connectivity index (χ2v) is 6.64. The lowest BCUT2D eigenvalue weighted by Crippen LogP contribution is -2.30. The highest BCUT2D eigenvalue weighted by Gasteiger charge is 2.15. The normalized spacial score (nSPS) is 10.5. The Hall–Kier alpha value is -3.60. The number of rotatable bonds is 8. The van der Waals surface area contributed by atoms with Crippen LogP contribution in [0, 0.1) is 0 Å². The molecule has 0 fully saturated rings. The van der Waals surface area contributed by atoms with E-state index < -0.39 is 5.97 Å². The highest BCUT2D eigenvalue weighted by atomic mass is 16.5. The fourth-order valence-electron chi connectivity index (χ4n) is 3.15. The molecule has 0 saturated carbocycles. The molecule has 0 aliphatic heterocycles. The molecule has 0 radical (unpaired) electrons. The van der Waals surface area contributed by atoms with E-state index in [1.807, 2.05) is 36.4 Å². The molecule has 3 rings (SSSR count). The molecule has 0 aromatic heterocycles. The van der Waals surface area contributed by atoms with Crippen LogP contribution in [0.25, 0.3) is 0 Å². The average Bonchev–Trinajstić information content (AvgIpc) is 2.76. The maximum Gasteiger partial charge on any atom is 0.338 e. The predicted molar refractivity (Wildman–Crippen MR) is 111 cm³/mol. The number of carbonyl (C=O) groups is 2. The van der Waals surface area contributed by atoms with Crippen molar-refractivity contribution < 1.29 is 19.4 Å². The number of phenols is 1. The van der Waals surface area contributed by atoms with Gasteiger partial charge in [-0.3, -0.25) is 4.79 Å². The smallest absolute Gasteiger partial charge is 0.338 e. The van der Waals surface area contributed by atoms with Gasteiger partial charge in [0, 0.05) is 12.5 Å². The van der Waals surface area contributed by atoms with Gasteiger partial charge in [0.25, 0.3) is 5.91 Å². The summed E-state index contributed by atoms with van der Waals surface area (Å²) in [6.07, 6.45) is 0.722. The predicted octanol–water partition coefficient (Wildman–Crippen LogP) is 3.89. The van der Waals surface area contributed by atoms with Crippen LogP contribution in [0.1, 0.15) is 33.8 Å². The molecule has 0 unspecified atom stereocenters. The number of nitrogens with one attached hydrogen (secondary N) is 1. The summed E-state index contributed by atoms with van der Waals surface area (Å²) in [4.78, 5) is 24.0. The fourth-order valence-corrected chi connectivity index (χ4v) is 3.15. The van der Waals surface area contributed by atoms with Gasteiger partial charge in [-0.05, 0) is 35.7 Å². The average molecular weight is 389 g/mol. The first-order valence-electron chi connectivity index (χ1n) is 9.46. The summed E-state index contributed by atoms with van der Waals surface area (Å²) >= 11 is 0. The molecule has 3 aromatic carbocycles. The molecule has 29 heavy (non-hydrogen) atoms. The molecule has 0 aliphatic rings. The van der Waals surface area contributed by atoms with Crippen LogP contribution in [0.4, 0.5) is 0 Å². The van der Waals surface area contributed by atoms with Crippen LogP contribution in [-0.4, -0.2) is 30.1 Å². The van der Waals surface area contributed by atoms with Crippen molar-refractivity contribution in [2.75, 3.05) is 13.2 Å². The van der Waals surface area contributed by atoms with Crippen LogP contribution in [0.5, 0.6) is 5.75 Å². The molecule has 5 nitrogen and oxygen atoms in total. The van der Waals surface area contributed by atoms with Crippen LogP contribution >= 0.6 is 0 Å². The number of hydrogen-bond acceptors (Lipinski definition) is 4. The molecular weight excluding hydrogens is 366 g/mol. The van der Waals surface area contributed by atoms with E-state index >= 15 is 0 Å². The van der Waals surface area contributed by atoms with Crippen molar-refractivity contribution in [1.82, 2.24) is 5.32 Å². The van der Waals surface area contributed by atoms with E-state index in [0.717, 1.165) is 6.42 Å². The van der Waals surface area contributed by atoms with E-state index in [0.29, 0.717) is 6.54 Å². The van der Waals surface area contributed by atoms with E-state index in [2.05, 4.69) is 29.6 Å². The third kappa shape index (κ3) is 5.94. The molecule has 5 heteroatoms. The van der Waals surface area contributed by atoms with Crippen LogP contribution in [0.2, 0.25) is 0 Å². The van der Waals surface area contributed by atoms with Gasteiger partial charge >= 0.3 is 5.97 Å². The second kappa shape index (κ2) is 10.1. The summed E-state index contributed by atoms with van der Waals surface area (Å²) in [7, 11) is 0. The first kappa shape index (κ1) is 20.1. The summed E-state index contributed by atoms with van der Waals surface area (Å²) in [5.41, 5.74) is 2.57. The van der Waals surface area contributed by atoms with Gasteiger partial charge in [-0.15, -0.1) is 0 Å². The third-order valence-electron chi connectivity index (χ3n) is 4.58. The molecule has 148 valence electrons. The topological polar surface area (TPSA) is 75.6 Å². The molecule has 0 bridgehead atoms. The first-order chi connectivity index (χ1) is 14.1. The van der Waals surface area contributed by atoms with Crippen molar-refractivity contribution in [3.05, 3.63) is 102 Å². The molecule has 0 spiro atoms. The highest BCUT2D eigenvalue weighted by molar-refractivity contribution is 5.91. The Kier molecular flexibility index (Phi) is 7.00. The largest absolute Gasteiger partial charge is 0.508 e. The monoisotopic (exact) mass is 389 g/mol. The third-order valence-corrected chi connectivity index (χ3v) is 4.58. The summed E-state index contributed by atoms with van der Waals surface area (Å²) in [5, 5.41) is 12.2. The minimum Gasteiger partial charge on any atom is -0.508 e. The Balaban J connectivity index is 1.51. The quantitative estimate of drug-likeness (QED) is 0.573. The molecule has 3 aromatic rings. The van der Waals surface area contributed by atoms with Gasteiger partial charge in [0.05, 0.1) is 5.56 Å². The van der Waals surface area contributed by atoms with Crippen molar-refractivity contribution in [2.24, 2.45) is 0 Å². The molecule has 0 heterocycles. The fraction of sp³-hybridized carbons (Fsp3) is 0.167. The number of hydrogen-bond donors (Lipinski definition) is 2. The van der Waals surface area contributed by atoms with E-state index in [1.165, 1.54) is 29.3 Å². The van der Waals surface area contributed by atoms with E-state index in [-0.39, 0.29) is 29.7 Å². The van der Waals surface area contributed by atoms with Gasteiger partial charge in [-0.25, -0.2) is 4.79 Å². The number of ether oxygens (including phenoxy) is 1. The lowest BCUT2D eigenvalue weighted by molar-refractivity contribution is -0.124. The van der Waals surface area contributed by atoms with Gasteiger partial charge in [-0.1, -0.05) is 66.7 Å². The zero-order chi connectivity index (χ0) is 20.5. The molecule has 1 amide bonds. The zero-order valence-corrected chi connectivity index (χ0v) is 16.0. The Bertz CT molecular complexity index is 902. The van der Waals surface area contributed by atoms with Crippen molar-refractivity contribution in [2.45, 2.75) is 12.3 Å². The number of benzene rings is 3. The molecule has 2 N–H and O–H groups in total. The van der Waals surface area contributed by atoms with Gasteiger partial charge in [0.2, 0.25) is 0 Å². The Morgan fingerprint density at radius 2 is 1.48 bits per heavy atom. The van der Waals surface area contributed by atoms with E-state index in [1.54, 1.807) is 6.07 Å². The number of aromatic hydroxyl groups is 1. The van der Waals surface area contributed by atoms with Crippen LogP contribution in [-0.2, 0) is 9.53 Å². The molecular formula is C24H23NO4. The Labute approximate surface area is 170 Å². The maximum absolute atomic E-state index is 12.1. The number of amides is 1.